The van der Waals surface area contributed by atoms with Gasteiger partial charge in [-0.1, -0.05) is 27.2 Å². The zero-order valence-corrected chi connectivity index (χ0v) is 12.4. The molecular weight excluding hydrogens is 236 g/mol. The minimum atomic E-state index is 0.667. The number of rotatable bonds is 6. The van der Waals surface area contributed by atoms with E-state index in [0.717, 1.165) is 43.6 Å². The van der Waals surface area contributed by atoms with Gasteiger partial charge in [0.2, 0.25) is 0 Å². The van der Waals surface area contributed by atoms with Crippen molar-refractivity contribution in [3.8, 4) is 0 Å². The molecule has 19 heavy (non-hydrogen) atoms. The summed E-state index contributed by atoms with van der Waals surface area (Å²) in [5.41, 5.74) is 1.04. The minimum absolute atomic E-state index is 0.667. The van der Waals surface area contributed by atoms with Crippen LogP contribution in [0.15, 0.2) is 12.4 Å². The molecule has 0 aromatic carbocycles. The van der Waals surface area contributed by atoms with Gasteiger partial charge in [-0.3, -0.25) is 4.98 Å². The lowest BCUT2D eigenvalue weighted by Crippen LogP contribution is -2.23. The zero-order valence-electron chi connectivity index (χ0n) is 12.4. The average Bonchev–Trinajstić information content (AvgIpc) is 2.87. The highest BCUT2D eigenvalue weighted by Crippen LogP contribution is 2.23. The molecule has 1 aromatic rings. The number of anilines is 1. The molecule has 4 nitrogen and oxygen atoms in total. The Kier molecular flexibility index (Phi) is 5.14. The number of nitrogens with one attached hydrogen (secondary N) is 1. The first-order chi connectivity index (χ1) is 9.19. The van der Waals surface area contributed by atoms with Gasteiger partial charge in [0.25, 0.3) is 0 Å². The van der Waals surface area contributed by atoms with Gasteiger partial charge in [-0.15, -0.1) is 0 Å². The maximum absolute atomic E-state index is 4.72. The molecule has 0 saturated carbocycles. The number of aromatic nitrogens is 2. The Morgan fingerprint density at radius 3 is 2.95 bits per heavy atom. The third-order valence-corrected chi connectivity index (χ3v) is 3.72. The molecule has 1 atom stereocenters. The molecular formula is C15H26N4. The summed E-state index contributed by atoms with van der Waals surface area (Å²) in [6, 6.07) is 0. The van der Waals surface area contributed by atoms with Gasteiger partial charge in [-0.25, -0.2) is 4.98 Å². The molecule has 0 aliphatic carbocycles. The first-order valence-corrected chi connectivity index (χ1v) is 7.45. The highest BCUT2D eigenvalue weighted by atomic mass is 15.2. The SMILES string of the molecule is CCC1CCN(c2cncc(CNCC(C)C)n2)C1. The molecule has 0 radical (unpaired) electrons. The smallest absolute Gasteiger partial charge is 0.147 e. The second kappa shape index (κ2) is 6.85. The highest BCUT2D eigenvalue weighted by molar-refractivity contribution is 5.37. The maximum Gasteiger partial charge on any atom is 0.147 e. The normalized spacial score (nSPS) is 19.4. The number of hydrogen-bond acceptors (Lipinski definition) is 4. The Labute approximate surface area is 116 Å². The largest absolute Gasteiger partial charge is 0.355 e. The van der Waals surface area contributed by atoms with E-state index in [2.05, 4.69) is 36.0 Å². The summed E-state index contributed by atoms with van der Waals surface area (Å²) in [6.07, 6.45) is 6.31. The summed E-state index contributed by atoms with van der Waals surface area (Å²) in [6.45, 7) is 10.8. The molecule has 0 spiro atoms. The molecule has 0 amide bonds. The Balaban J connectivity index is 1.92. The third kappa shape index (κ3) is 4.16. The van der Waals surface area contributed by atoms with E-state index < -0.39 is 0 Å². The Hall–Kier alpha value is -1.16. The van der Waals surface area contributed by atoms with E-state index in [1.807, 2.05) is 12.4 Å². The average molecular weight is 262 g/mol. The van der Waals surface area contributed by atoms with Crippen LogP contribution in [0.1, 0.15) is 39.3 Å². The zero-order chi connectivity index (χ0) is 13.7. The Bertz CT molecular complexity index is 391. The lowest BCUT2D eigenvalue weighted by molar-refractivity contribution is 0.547. The molecule has 1 aliphatic rings. The predicted octanol–water partition coefficient (Wildman–Crippen LogP) is 2.46. The fraction of sp³-hybridized carbons (Fsp3) is 0.733. The van der Waals surface area contributed by atoms with Gasteiger partial charge in [-0.2, -0.15) is 0 Å². The van der Waals surface area contributed by atoms with Crippen molar-refractivity contribution in [3.63, 3.8) is 0 Å². The molecule has 106 valence electrons. The van der Waals surface area contributed by atoms with Gasteiger partial charge < -0.3 is 10.2 Å². The van der Waals surface area contributed by atoms with Crippen LogP contribution in [0.3, 0.4) is 0 Å². The van der Waals surface area contributed by atoms with E-state index in [-0.39, 0.29) is 0 Å². The third-order valence-electron chi connectivity index (χ3n) is 3.72. The van der Waals surface area contributed by atoms with E-state index in [1.165, 1.54) is 12.8 Å². The summed E-state index contributed by atoms with van der Waals surface area (Å²) in [5, 5.41) is 3.42. The van der Waals surface area contributed by atoms with Gasteiger partial charge in [0.1, 0.15) is 5.82 Å². The van der Waals surface area contributed by atoms with E-state index in [4.69, 9.17) is 4.98 Å². The van der Waals surface area contributed by atoms with Crippen molar-refractivity contribution in [2.45, 2.75) is 40.2 Å². The van der Waals surface area contributed by atoms with E-state index in [1.54, 1.807) is 0 Å². The van der Waals surface area contributed by atoms with Crippen LogP contribution >= 0.6 is 0 Å². The molecule has 0 bridgehead atoms. The Morgan fingerprint density at radius 1 is 1.42 bits per heavy atom. The molecule has 2 rings (SSSR count). The van der Waals surface area contributed by atoms with Crippen molar-refractivity contribution in [3.05, 3.63) is 18.1 Å². The van der Waals surface area contributed by atoms with Crippen molar-refractivity contribution < 1.29 is 0 Å². The van der Waals surface area contributed by atoms with Crippen LogP contribution in [0, 0.1) is 11.8 Å². The number of nitrogens with zero attached hydrogens (tertiary/aromatic N) is 3. The molecule has 4 heteroatoms. The molecule has 1 fully saturated rings. The van der Waals surface area contributed by atoms with Gasteiger partial charge >= 0.3 is 0 Å². The predicted molar refractivity (Wildman–Crippen MR) is 79.2 cm³/mol. The van der Waals surface area contributed by atoms with Crippen LogP contribution < -0.4 is 10.2 Å². The minimum Gasteiger partial charge on any atom is -0.355 e. The fourth-order valence-corrected chi connectivity index (χ4v) is 2.50. The van der Waals surface area contributed by atoms with Gasteiger partial charge in [0, 0.05) is 25.8 Å². The van der Waals surface area contributed by atoms with E-state index >= 15 is 0 Å². The lowest BCUT2D eigenvalue weighted by Gasteiger charge is -2.17. The van der Waals surface area contributed by atoms with Crippen molar-refractivity contribution in [2.24, 2.45) is 11.8 Å². The fourth-order valence-electron chi connectivity index (χ4n) is 2.50. The molecule has 2 heterocycles. The van der Waals surface area contributed by atoms with Crippen LogP contribution in [0.5, 0.6) is 0 Å². The highest BCUT2D eigenvalue weighted by Gasteiger charge is 2.22. The second-order valence-corrected chi connectivity index (χ2v) is 5.90. The van der Waals surface area contributed by atoms with E-state index in [9.17, 15) is 0 Å². The summed E-state index contributed by atoms with van der Waals surface area (Å²) in [5.74, 6) is 2.53. The van der Waals surface area contributed by atoms with Gasteiger partial charge in [-0.05, 0) is 24.8 Å². The standard InChI is InChI=1S/C15H26N4/c1-4-13-5-6-19(11-13)15-10-17-9-14(18-15)8-16-7-12(2)3/h9-10,12-13,16H,4-8,11H2,1-3H3. The monoisotopic (exact) mass is 262 g/mol. The summed E-state index contributed by atoms with van der Waals surface area (Å²) in [7, 11) is 0. The maximum atomic E-state index is 4.72. The molecule has 1 N–H and O–H groups in total. The van der Waals surface area contributed by atoms with Crippen LogP contribution in [-0.4, -0.2) is 29.6 Å². The second-order valence-electron chi connectivity index (χ2n) is 5.90. The van der Waals surface area contributed by atoms with Crippen LogP contribution in [0.25, 0.3) is 0 Å². The van der Waals surface area contributed by atoms with Crippen molar-refractivity contribution >= 4 is 5.82 Å². The molecule has 1 aromatic heterocycles. The van der Waals surface area contributed by atoms with Crippen molar-refractivity contribution in [1.82, 2.24) is 15.3 Å². The number of hydrogen-bond donors (Lipinski definition) is 1. The molecule has 1 saturated heterocycles. The quantitative estimate of drug-likeness (QED) is 0.855. The molecule has 1 unspecified atom stereocenters. The summed E-state index contributed by atoms with van der Waals surface area (Å²) < 4.78 is 0. The van der Waals surface area contributed by atoms with Crippen molar-refractivity contribution in [2.75, 3.05) is 24.5 Å². The summed E-state index contributed by atoms with van der Waals surface area (Å²) in [4.78, 5) is 11.4. The lowest BCUT2D eigenvalue weighted by atomic mass is 10.1. The van der Waals surface area contributed by atoms with Crippen molar-refractivity contribution in [1.29, 1.82) is 0 Å². The summed E-state index contributed by atoms with van der Waals surface area (Å²) >= 11 is 0. The van der Waals surface area contributed by atoms with Crippen LogP contribution in [0.4, 0.5) is 5.82 Å². The molecule has 1 aliphatic heterocycles. The first-order valence-electron chi connectivity index (χ1n) is 7.45. The Morgan fingerprint density at radius 2 is 2.26 bits per heavy atom. The van der Waals surface area contributed by atoms with Crippen LogP contribution in [-0.2, 0) is 6.54 Å². The first kappa shape index (κ1) is 14.3. The van der Waals surface area contributed by atoms with Crippen LogP contribution in [0.2, 0.25) is 0 Å². The van der Waals surface area contributed by atoms with Gasteiger partial charge in [0.15, 0.2) is 0 Å². The van der Waals surface area contributed by atoms with E-state index in [0.29, 0.717) is 5.92 Å². The van der Waals surface area contributed by atoms with Gasteiger partial charge in [0.05, 0.1) is 11.9 Å². The topological polar surface area (TPSA) is 41.1 Å².